The minimum absolute atomic E-state index is 0.125. The molecule has 1 aromatic heterocycles. The Labute approximate surface area is 145 Å². The first-order valence-corrected chi connectivity index (χ1v) is 9.06. The Bertz CT molecular complexity index is 840. The van der Waals surface area contributed by atoms with Gasteiger partial charge in [-0.1, -0.05) is 0 Å². The predicted octanol–water partition coefficient (Wildman–Crippen LogP) is 1.11. The van der Waals surface area contributed by atoms with Crippen molar-refractivity contribution in [3.8, 4) is 5.88 Å². The van der Waals surface area contributed by atoms with Crippen molar-refractivity contribution in [1.82, 2.24) is 14.3 Å². The summed E-state index contributed by atoms with van der Waals surface area (Å²) in [5.41, 5.74) is 0.298. The van der Waals surface area contributed by atoms with Crippen molar-refractivity contribution in [3.05, 3.63) is 48.4 Å². The molecule has 8 nitrogen and oxygen atoms in total. The Morgan fingerprint density at radius 2 is 2.00 bits per heavy atom. The second kappa shape index (κ2) is 7.16. The molecule has 0 radical (unpaired) electrons. The molecule has 1 fully saturated rings. The van der Waals surface area contributed by atoms with Crippen molar-refractivity contribution in [3.63, 3.8) is 0 Å². The van der Waals surface area contributed by atoms with Crippen LogP contribution in [0.4, 0.5) is 0 Å². The average Bonchev–Trinajstić information content (AvgIpc) is 3.11. The van der Waals surface area contributed by atoms with Crippen LogP contribution in [0, 0.1) is 0 Å². The number of nitrogens with zero attached hydrogens (tertiary/aromatic N) is 3. The van der Waals surface area contributed by atoms with Gasteiger partial charge in [-0.05, 0) is 30.7 Å². The maximum atomic E-state index is 12.7. The zero-order valence-electron chi connectivity index (χ0n) is 13.5. The van der Waals surface area contributed by atoms with E-state index in [-0.39, 0.29) is 17.5 Å². The first-order chi connectivity index (χ1) is 12.0. The normalized spacial score (nSPS) is 18.0. The molecule has 0 amide bonds. The summed E-state index contributed by atoms with van der Waals surface area (Å²) in [7, 11) is -2.38. The van der Waals surface area contributed by atoms with Gasteiger partial charge in [-0.2, -0.15) is 4.31 Å². The molecule has 1 aliphatic heterocycles. The van der Waals surface area contributed by atoms with Gasteiger partial charge < -0.3 is 9.47 Å². The van der Waals surface area contributed by atoms with Gasteiger partial charge in [-0.3, -0.25) is 4.98 Å². The summed E-state index contributed by atoms with van der Waals surface area (Å²) in [4.78, 5) is 19.5. The van der Waals surface area contributed by atoms with Crippen molar-refractivity contribution >= 4 is 16.0 Å². The van der Waals surface area contributed by atoms with Gasteiger partial charge in [0, 0.05) is 18.9 Å². The molecule has 0 spiro atoms. The fourth-order valence-electron chi connectivity index (χ4n) is 2.56. The molecule has 0 bridgehead atoms. The number of benzene rings is 1. The molecule has 9 heteroatoms. The number of ether oxygens (including phenoxy) is 2. The van der Waals surface area contributed by atoms with E-state index in [2.05, 4.69) is 14.7 Å². The highest BCUT2D eigenvalue weighted by atomic mass is 32.2. The SMILES string of the molecule is COC(=O)c1ccc(S(=O)(=O)N2CCC(Oc3cnccn3)C2)cc1. The van der Waals surface area contributed by atoms with Crippen molar-refractivity contribution in [1.29, 1.82) is 0 Å². The van der Waals surface area contributed by atoms with Crippen molar-refractivity contribution in [2.24, 2.45) is 0 Å². The lowest BCUT2D eigenvalue weighted by molar-refractivity contribution is 0.0600. The number of hydrogen-bond donors (Lipinski definition) is 0. The highest BCUT2D eigenvalue weighted by Crippen LogP contribution is 2.23. The number of esters is 1. The van der Waals surface area contributed by atoms with E-state index in [9.17, 15) is 13.2 Å². The van der Waals surface area contributed by atoms with Gasteiger partial charge in [0.25, 0.3) is 0 Å². The zero-order chi connectivity index (χ0) is 17.9. The number of hydrogen-bond acceptors (Lipinski definition) is 7. The van der Waals surface area contributed by atoms with Crippen LogP contribution in [-0.2, 0) is 14.8 Å². The number of rotatable bonds is 5. The lowest BCUT2D eigenvalue weighted by Gasteiger charge is -2.17. The van der Waals surface area contributed by atoms with Crippen LogP contribution < -0.4 is 4.74 Å². The molecule has 3 rings (SSSR count). The highest BCUT2D eigenvalue weighted by Gasteiger charge is 2.33. The lowest BCUT2D eigenvalue weighted by atomic mass is 10.2. The van der Waals surface area contributed by atoms with E-state index in [1.165, 1.54) is 54.3 Å². The van der Waals surface area contributed by atoms with Crippen molar-refractivity contribution in [2.45, 2.75) is 17.4 Å². The predicted molar refractivity (Wildman–Crippen MR) is 87.6 cm³/mol. The summed E-state index contributed by atoms with van der Waals surface area (Å²) < 4.78 is 37.0. The summed E-state index contributed by atoms with van der Waals surface area (Å²) in [6, 6.07) is 5.67. The summed E-state index contributed by atoms with van der Waals surface area (Å²) in [6.07, 6.45) is 4.83. The van der Waals surface area contributed by atoms with E-state index in [1.54, 1.807) is 0 Å². The van der Waals surface area contributed by atoms with Crippen LogP contribution in [0.2, 0.25) is 0 Å². The Morgan fingerprint density at radius 3 is 2.64 bits per heavy atom. The van der Waals surface area contributed by atoms with E-state index >= 15 is 0 Å². The minimum Gasteiger partial charge on any atom is -0.472 e. The molecule has 0 saturated carbocycles. The Hall–Kier alpha value is -2.52. The van der Waals surface area contributed by atoms with Gasteiger partial charge in [-0.25, -0.2) is 18.2 Å². The topological polar surface area (TPSA) is 98.7 Å². The van der Waals surface area contributed by atoms with E-state index < -0.39 is 16.0 Å². The van der Waals surface area contributed by atoms with Gasteiger partial charge in [-0.15, -0.1) is 0 Å². The maximum Gasteiger partial charge on any atom is 0.337 e. The smallest absolute Gasteiger partial charge is 0.337 e. The number of methoxy groups -OCH3 is 1. The quantitative estimate of drug-likeness (QED) is 0.734. The summed E-state index contributed by atoms with van der Waals surface area (Å²) >= 11 is 0. The highest BCUT2D eigenvalue weighted by molar-refractivity contribution is 7.89. The van der Waals surface area contributed by atoms with E-state index in [0.717, 1.165) is 0 Å². The van der Waals surface area contributed by atoms with Gasteiger partial charge in [0.15, 0.2) is 0 Å². The molecule has 2 heterocycles. The third-order valence-corrected chi connectivity index (χ3v) is 5.73. The largest absolute Gasteiger partial charge is 0.472 e. The number of aromatic nitrogens is 2. The van der Waals surface area contributed by atoms with Crippen LogP contribution in [0.25, 0.3) is 0 Å². The molecular weight excluding hydrogens is 346 g/mol. The first kappa shape index (κ1) is 17.3. The Morgan fingerprint density at radius 1 is 1.24 bits per heavy atom. The molecule has 2 aromatic rings. The van der Waals surface area contributed by atoms with Crippen LogP contribution in [-0.4, -0.2) is 55.0 Å². The maximum absolute atomic E-state index is 12.7. The third kappa shape index (κ3) is 3.77. The molecule has 132 valence electrons. The minimum atomic E-state index is -3.65. The van der Waals surface area contributed by atoms with Crippen LogP contribution in [0.5, 0.6) is 5.88 Å². The van der Waals surface area contributed by atoms with E-state index in [1.807, 2.05) is 0 Å². The molecule has 1 aromatic carbocycles. The molecule has 1 atom stereocenters. The van der Waals surface area contributed by atoms with E-state index in [4.69, 9.17) is 4.74 Å². The second-order valence-electron chi connectivity index (χ2n) is 5.45. The fourth-order valence-corrected chi connectivity index (χ4v) is 4.05. The van der Waals surface area contributed by atoms with Crippen molar-refractivity contribution in [2.75, 3.05) is 20.2 Å². The molecule has 1 saturated heterocycles. The van der Waals surface area contributed by atoms with E-state index in [0.29, 0.717) is 24.4 Å². The van der Waals surface area contributed by atoms with Gasteiger partial charge in [0.05, 0.1) is 30.3 Å². The zero-order valence-corrected chi connectivity index (χ0v) is 14.3. The van der Waals surface area contributed by atoms with Crippen LogP contribution in [0.3, 0.4) is 0 Å². The monoisotopic (exact) mass is 363 g/mol. The summed E-state index contributed by atoms with van der Waals surface area (Å²) in [5.74, 6) is -0.142. The number of carbonyl (C=O) groups excluding carboxylic acids is 1. The van der Waals surface area contributed by atoms with Crippen LogP contribution in [0.1, 0.15) is 16.8 Å². The third-order valence-electron chi connectivity index (χ3n) is 3.85. The standard InChI is InChI=1S/C16H17N3O5S/c1-23-16(20)12-2-4-14(5-3-12)25(21,22)19-9-6-13(11-19)24-15-10-17-7-8-18-15/h2-5,7-8,10,13H,6,9,11H2,1H3. The molecule has 0 N–H and O–H groups in total. The number of carbonyl (C=O) groups is 1. The van der Waals surface area contributed by atoms with Gasteiger partial charge in [0.1, 0.15) is 6.10 Å². The van der Waals surface area contributed by atoms with Crippen LogP contribution >= 0.6 is 0 Å². The lowest BCUT2D eigenvalue weighted by Crippen LogP contribution is -2.31. The van der Waals surface area contributed by atoms with Gasteiger partial charge >= 0.3 is 5.97 Å². The molecule has 0 aliphatic carbocycles. The Balaban J connectivity index is 1.69. The number of sulfonamides is 1. The molecule has 1 aliphatic rings. The molecule has 25 heavy (non-hydrogen) atoms. The average molecular weight is 363 g/mol. The van der Waals surface area contributed by atoms with Gasteiger partial charge in [0.2, 0.25) is 15.9 Å². The second-order valence-corrected chi connectivity index (χ2v) is 7.39. The van der Waals surface area contributed by atoms with Crippen LogP contribution in [0.15, 0.2) is 47.8 Å². The Kier molecular flexibility index (Phi) is 4.95. The molecule has 1 unspecified atom stereocenters. The first-order valence-electron chi connectivity index (χ1n) is 7.62. The summed E-state index contributed by atoms with van der Waals surface area (Å²) in [6.45, 7) is 0.587. The molecular formula is C16H17N3O5S. The fraction of sp³-hybridized carbons (Fsp3) is 0.312. The summed E-state index contributed by atoms with van der Waals surface area (Å²) in [5, 5.41) is 0. The van der Waals surface area contributed by atoms with Crippen molar-refractivity contribution < 1.29 is 22.7 Å².